The quantitative estimate of drug-likeness (QED) is 0.351. The minimum absolute atomic E-state index is 0.0183. The van der Waals surface area contributed by atoms with Gasteiger partial charge in [0.25, 0.3) is 10.0 Å². The van der Waals surface area contributed by atoms with Gasteiger partial charge in [-0.2, -0.15) is 0 Å². The second kappa shape index (κ2) is 9.91. The second-order valence-electron chi connectivity index (χ2n) is 9.18. The molecule has 0 aliphatic rings. The van der Waals surface area contributed by atoms with Gasteiger partial charge >= 0.3 is 4.87 Å². The van der Waals surface area contributed by atoms with Crippen molar-refractivity contribution in [2.75, 3.05) is 16.2 Å². The molecule has 0 aliphatic heterocycles. The van der Waals surface area contributed by atoms with E-state index in [1.54, 1.807) is 53.1 Å². The fraction of sp³-hybridized carbons (Fsp3) is 0.259. The third-order valence-electron chi connectivity index (χ3n) is 5.94. The predicted molar refractivity (Wildman–Crippen MR) is 147 cm³/mol. The average molecular weight is 524 g/mol. The number of nitrogens with one attached hydrogen (secondary N) is 1. The number of sulfonamides is 1. The Morgan fingerprint density at radius 2 is 1.64 bits per heavy atom. The smallest absolute Gasteiger partial charge is 0.308 e. The van der Waals surface area contributed by atoms with Gasteiger partial charge in [0.2, 0.25) is 5.91 Å². The van der Waals surface area contributed by atoms with Gasteiger partial charge in [-0.3, -0.25) is 18.5 Å². The average Bonchev–Trinajstić information content (AvgIpc) is 3.14. The van der Waals surface area contributed by atoms with Gasteiger partial charge in [0.05, 0.1) is 20.8 Å². The van der Waals surface area contributed by atoms with E-state index in [4.69, 9.17) is 0 Å². The minimum Gasteiger partial charge on any atom is -0.324 e. The molecule has 1 amide bonds. The third kappa shape index (κ3) is 5.08. The number of rotatable bonds is 7. The Bertz CT molecular complexity index is 1600. The number of anilines is 2. The number of aromatic nitrogens is 1. The highest BCUT2D eigenvalue weighted by Crippen LogP contribution is 2.29. The lowest BCUT2D eigenvalue weighted by Gasteiger charge is -2.26. The zero-order chi connectivity index (χ0) is 26.2. The first-order chi connectivity index (χ1) is 17.0. The fourth-order valence-electron chi connectivity index (χ4n) is 4.06. The van der Waals surface area contributed by atoms with Gasteiger partial charge in [-0.15, -0.1) is 0 Å². The lowest BCUT2D eigenvalue weighted by Crippen LogP contribution is -2.38. The Kier molecular flexibility index (Phi) is 7.06. The highest BCUT2D eigenvalue weighted by atomic mass is 32.2. The number of amides is 1. The number of nitrogens with zero attached hydrogens (tertiary/aromatic N) is 2. The molecule has 188 valence electrons. The van der Waals surface area contributed by atoms with Crippen molar-refractivity contribution < 1.29 is 13.2 Å². The number of hydrogen-bond donors (Lipinski definition) is 1. The Morgan fingerprint density at radius 3 is 2.31 bits per heavy atom. The van der Waals surface area contributed by atoms with E-state index >= 15 is 0 Å². The van der Waals surface area contributed by atoms with Crippen LogP contribution >= 0.6 is 11.3 Å². The first kappa shape index (κ1) is 25.7. The van der Waals surface area contributed by atoms with E-state index in [1.165, 1.54) is 0 Å². The molecule has 0 radical (unpaired) electrons. The lowest BCUT2D eigenvalue weighted by atomic mass is 10.1. The molecule has 1 aromatic heterocycles. The maximum absolute atomic E-state index is 13.7. The van der Waals surface area contributed by atoms with Crippen LogP contribution in [0.1, 0.15) is 36.6 Å². The minimum atomic E-state index is -4.01. The molecule has 0 saturated heterocycles. The largest absolute Gasteiger partial charge is 0.324 e. The van der Waals surface area contributed by atoms with Crippen LogP contribution in [0.4, 0.5) is 11.4 Å². The summed E-state index contributed by atoms with van der Waals surface area (Å²) in [5.74, 6) is -0.485. The van der Waals surface area contributed by atoms with Gasteiger partial charge in [-0.25, -0.2) is 8.42 Å². The first-order valence-electron chi connectivity index (χ1n) is 11.6. The molecule has 0 aliphatic carbocycles. The Labute approximate surface area is 215 Å². The summed E-state index contributed by atoms with van der Waals surface area (Å²) < 4.78 is 31.0. The van der Waals surface area contributed by atoms with Crippen LogP contribution in [0.2, 0.25) is 0 Å². The summed E-state index contributed by atoms with van der Waals surface area (Å²) >= 11 is 1.12. The molecule has 9 heteroatoms. The molecule has 3 aromatic carbocycles. The van der Waals surface area contributed by atoms with E-state index in [9.17, 15) is 18.0 Å². The predicted octanol–water partition coefficient (Wildman–Crippen LogP) is 5.40. The third-order valence-corrected chi connectivity index (χ3v) is 8.64. The van der Waals surface area contributed by atoms with Crippen LogP contribution in [0.5, 0.6) is 0 Å². The Balaban J connectivity index is 1.68. The van der Waals surface area contributed by atoms with Crippen LogP contribution in [0.15, 0.2) is 70.4 Å². The summed E-state index contributed by atoms with van der Waals surface area (Å²) in [6, 6.07) is 17.4. The van der Waals surface area contributed by atoms with Crippen molar-refractivity contribution in [1.29, 1.82) is 0 Å². The van der Waals surface area contributed by atoms with Crippen LogP contribution in [0, 0.1) is 20.8 Å². The van der Waals surface area contributed by atoms with Gasteiger partial charge in [0, 0.05) is 11.7 Å². The summed E-state index contributed by atoms with van der Waals surface area (Å²) in [6.07, 6.45) is 0. The van der Waals surface area contributed by atoms with E-state index < -0.39 is 22.5 Å². The number of carbonyl (C=O) groups is 1. The van der Waals surface area contributed by atoms with E-state index in [-0.39, 0.29) is 15.8 Å². The van der Waals surface area contributed by atoms with Gasteiger partial charge in [0.15, 0.2) is 0 Å². The van der Waals surface area contributed by atoms with Crippen molar-refractivity contribution in [1.82, 2.24) is 4.57 Å². The molecule has 0 fully saturated rings. The molecule has 4 aromatic rings. The van der Waals surface area contributed by atoms with Crippen LogP contribution in [-0.4, -0.2) is 25.4 Å². The number of aryl methyl sites for hydroxylation is 3. The standard InChI is InChI=1S/C27H29N3O4S2/c1-17(2)30-23-13-10-21(15-25(23)35-27(30)32)28-26(31)16-29(24-14-19(4)6-9-20(24)5)36(33,34)22-11-7-18(3)8-12-22/h6-15,17H,16H2,1-5H3,(H,28,31). The number of thiazole rings is 1. The zero-order valence-corrected chi connectivity index (χ0v) is 22.5. The van der Waals surface area contributed by atoms with Crippen molar-refractivity contribution in [3.05, 3.63) is 87.0 Å². The molecular weight excluding hydrogens is 494 g/mol. The molecule has 36 heavy (non-hydrogen) atoms. The molecular formula is C27H29N3O4S2. The number of carbonyl (C=O) groups excluding carboxylic acids is 1. The van der Waals surface area contributed by atoms with Crippen molar-refractivity contribution in [3.8, 4) is 0 Å². The van der Waals surface area contributed by atoms with Crippen LogP contribution < -0.4 is 14.5 Å². The number of hydrogen-bond acceptors (Lipinski definition) is 5. The molecule has 0 atom stereocenters. The molecule has 1 N–H and O–H groups in total. The van der Waals surface area contributed by atoms with Gasteiger partial charge in [-0.05, 0) is 82.1 Å². The summed E-state index contributed by atoms with van der Waals surface area (Å²) in [4.78, 5) is 25.6. The van der Waals surface area contributed by atoms with E-state index in [0.717, 1.165) is 42.5 Å². The SMILES string of the molecule is Cc1ccc(S(=O)(=O)N(CC(=O)Nc2ccc3c(c2)sc(=O)n3C(C)C)c2cc(C)ccc2C)cc1. The number of fused-ring (bicyclic) bond motifs is 1. The summed E-state index contributed by atoms with van der Waals surface area (Å²) in [7, 11) is -4.01. The van der Waals surface area contributed by atoms with E-state index in [1.807, 2.05) is 46.8 Å². The molecule has 1 heterocycles. The topological polar surface area (TPSA) is 88.5 Å². The van der Waals surface area contributed by atoms with Crippen molar-refractivity contribution in [3.63, 3.8) is 0 Å². The summed E-state index contributed by atoms with van der Waals surface area (Å²) in [5.41, 5.74) is 4.32. The monoisotopic (exact) mass is 523 g/mol. The highest BCUT2D eigenvalue weighted by Gasteiger charge is 2.28. The zero-order valence-electron chi connectivity index (χ0n) is 20.9. The molecule has 4 rings (SSSR count). The van der Waals surface area contributed by atoms with E-state index in [0.29, 0.717) is 11.4 Å². The molecule has 0 saturated carbocycles. The van der Waals surface area contributed by atoms with Gasteiger partial charge in [-0.1, -0.05) is 41.2 Å². The second-order valence-corrected chi connectivity index (χ2v) is 12.0. The number of benzene rings is 3. The molecule has 0 unspecified atom stereocenters. The highest BCUT2D eigenvalue weighted by molar-refractivity contribution is 7.92. The Hall–Kier alpha value is -3.43. The van der Waals surface area contributed by atoms with Crippen LogP contribution in [-0.2, 0) is 14.8 Å². The van der Waals surface area contributed by atoms with Gasteiger partial charge in [0.1, 0.15) is 6.54 Å². The Morgan fingerprint density at radius 1 is 0.972 bits per heavy atom. The first-order valence-corrected chi connectivity index (χ1v) is 13.8. The van der Waals surface area contributed by atoms with E-state index in [2.05, 4.69) is 5.32 Å². The van der Waals surface area contributed by atoms with Crippen LogP contribution in [0.3, 0.4) is 0 Å². The summed E-state index contributed by atoms with van der Waals surface area (Å²) in [6.45, 7) is 9.07. The van der Waals surface area contributed by atoms with Crippen molar-refractivity contribution in [2.24, 2.45) is 0 Å². The van der Waals surface area contributed by atoms with Crippen molar-refractivity contribution in [2.45, 2.75) is 45.6 Å². The van der Waals surface area contributed by atoms with Crippen LogP contribution in [0.25, 0.3) is 10.2 Å². The van der Waals surface area contributed by atoms with Crippen molar-refractivity contribution >= 4 is 48.9 Å². The fourth-order valence-corrected chi connectivity index (χ4v) is 6.59. The maximum atomic E-state index is 13.7. The lowest BCUT2D eigenvalue weighted by molar-refractivity contribution is -0.114. The summed E-state index contributed by atoms with van der Waals surface area (Å²) in [5, 5.41) is 2.81. The molecule has 0 bridgehead atoms. The maximum Gasteiger partial charge on any atom is 0.308 e. The molecule has 0 spiro atoms. The molecule has 7 nitrogen and oxygen atoms in total. The normalized spacial score (nSPS) is 11.7. The van der Waals surface area contributed by atoms with Gasteiger partial charge < -0.3 is 5.32 Å².